The van der Waals surface area contributed by atoms with Gasteiger partial charge in [-0.15, -0.1) is 0 Å². The van der Waals surface area contributed by atoms with Crippen LogP contribution in [0, 0.1) is 22.9 Å². The summed E-state index contributed by atoms with van der Waals surface area (Å²) in [6.45, 7) is 1.93. The molecule has 0 aliphatic carbocycles. The fourth-order valence-corrected chi connectivity index (χ4v) is 2.35. The van der Waals surface area contributed by atoms with Gasteiger partial charge in [0.05, 0.1) is 16.2 Å². The van der Waals surface area contributed by atoms with Crippen LogP contribution in [0.15, 0.2) is 71.7 Å². The van der Waals surface area contributed by atoms with Crippen molar-refractivity contribution in [1.29, 1.82) is 0 Å². The van der Waals surface area contributed by atoms with E-state index in [1.807, 2.05) is 19.1 Å². The normalized spacial score (nSPS) is 10.8. The van der Waals surface area contributed by atoms with Crippen molar-refractivity contribution in [2.45, 2.75) is 6.92 Å². The minimum absolute atomic E-state index is 0.253. The zero-order chi connectivity index (χ0) is 20.1. The monoisotopic (exact) mass is 378 g/mol. The van der Waals surface area contributed by atoms with Crippen molar-refractivity contribution in [1.82, 2.24) is 0 Å². The van der Waals surface area contributed by atoms with E-state index in [-0.39, 0.29) is 5.69 Å². The molecule has 0 aromatic heterocycles. The summed E-state index contributed by atoms with van der Waals surface area (Å²) in [5.74, 6) is -0.996. The van der Waals surface area contributed by atoms with E-state index >= 15 is 0 Å². The predicted molar refractivity (Wildman–Crippen MR) is 103 cm³/mol. The Morgan fingerprint density at radius 3 is 2.39 bits per heavy atom. The number of nitrogens with zero attached hydrogens (tertiary/aromatic N) is 2. The molecular weight excluding hydrogens is 363 g/mol. The number of aryl methyl sites for hydroxylation is 1. The van der Waals surface area contributed by atoms with Gasteiger partial charge in [0.2, 0.25) is 5.82 Å². The van der Waals surface area contributed by atoms with Crippen LogP contribution in [-0.4, -0.2) is 17.1 Å². The Morgan fingerprint density at radius 1 is 1.07 bits per heavy atom. The number of benzene rings is 3. The van der Waals surface area contributed by atoms with E-state index < -0.39 is 22.4 Å². The summed E-state index contributed by atoms with van der Waals surface area (Å²) in [6, 6.07) is 17.0. The van der Waals surface area contributed by atoms with Crippen LogP contribution >= 0.6 is 0 Å². The van der Waals surface area contributed by atoms with Crippen molar-refractivity contribution in [3.05, 3.63) is 99.4 Å². The minimum Gasteiger partial charge on any atom is -0.423 e. The number of halogens is 1. The molecule has 3 aromatic rings. The maximum Gasteiger partial charge on any atom is 0.343 e. The van der Waals surface area contributed by atoms with Crippen LogP contribution in [0.5, 0.6) is 5.75 Å². The molecule has 0 amide bonds. The molecule has 0 aliphatic rings. The van der Waals surface area contributed by atoms with Gasteiger partial charge in [-0.25, -0.2) is 4.79 Å². The maximum absolute atomic E-state index is 13.3. The Labute approximate surface area is 160 Å². The van der Waals surface area contributed by atoms with Gasteiger partial charge >= 0.3 is 11.7 Å². The highest BCUT2D eigenvalue weighted by Crippen LogP contribution is 2.23. The van der Waals surface area contributed by atoms with Gasteiger partial charge < -0.3 is 4.74 Å². The number of aliphatic imine (C=N–C) groups is 1. The molecule has 28 heavy (non-hydrogen) atoms. The second-order valence-electron chi connectivity index (χ2n) is 5.98. The molecular formula is C21H15FN2O4. The van der Waals surface area contributed by atoms with Crippen molar-refractivity contribution >= 4 is 23.6 Å². The van der Waals surface area contributed by atoms with E-state index in [1.54, 1.807) is 36.4 Å². The minimum atomic E-state index is -0.913. The van der Waals surface area contributed by atoms with Crippen molar-refractivity contribution < 1.29 is 18.8 Å². The van der Waals surface area contributed by atoms with Crippen LogP contribution in [0.4, 0.5) is 15.8 Å². The Morgan fingerprint density at radius 2 is 1.75 bits per heavy atom. The van der Waals surface area contributed by atoms with Crippen LogP contribution in [-0.2, 0) is 0 Å². The van der Waals surface area contributed by atoms with Crippen LogP contribution in [0.3, 0.4) is 0 Å². The molecule has 7 heteroatoms. The third-order valence-electron chi connectivity index (χ3n) is 3.87. The molecule has 0 fully saturated rings. The second kappa shape index (κ2) is 8.22. The molecule has 3 rings (SSSR count). The summed E-state index contributed by atoms with van der Waals surface area (Å²) in [7, 11) is 0. The number of carbonyl (C=O) groups is 1. The molecule has 140 valence electrons. The van der Waals surface area contributed by atoms with Crippen LogP contribution in [0.25, 0.3) is 0 Å². The molecule has 0 spiro atoms. The molecule has 0 saturated heterocycles. The third-order valence-corrected chi connectivity index (χ3v) is 3.87. The van der Waals surface area contributed by atoms with Gasteiger partial charge in [0.25, 0.3) is 0 Å². The van der Waals surface area contributed by atoms with Gasteiger partial charge in [-0.2, -0.15) is 4.39 Å². The molecule has 0 bridgehead atoms. The predicted octanol–water partition coefficient (Wildman–Crippen LogP) is 5.01. The number of esters is 1. The van der Waals surface area contributed by atoms with E-state index in [2.05, 4.69) is 4.99 Å². The van der Waals surface area contributed by atoms with E-state index in [9.17, 15) is 19.3 Å². The summed E-state index contributed by atoms with van der Waals surface area (Å²) in [5.41, 5.74) is 1.80. The summed E-state index contributed by atoms with van der Waals surface area (Å²) in [4.78, 5) is 26.2. The second-order valence-corrected chi connectivity index (χ2v) is 5.98. The average molecular weight is 378 g/mol. The van der Waals surface area contributed by atoms with Crippen LogP contribution in [0.2, 0.25) is 0 Å². The topological polar surface area (TPSA) is 81.8 Å². The van der Waals surface area contributed by atoms with Crippen molar-refractivity contribution in [2.24, 2.45) is 4.99 Å². The largest absolute Gasteiger partial charge is 0.423 e. The number of rotatable bonds is 5. The number of hydrogen-bond acceptors (Lipinski definition) is 5. The Balaban J connectivity index is 1.68. The third kappa shape index (κ3) is 4.64. The average Bonchev–Trinajstić information content (AvgIpc) is 2.68. The SMILES string of the molecule is Cc1ccc(C(=O)Oc2ccc(/C=N/c3ccc(F)c([N+](=O)[O-])c3)cc2)cc1. The summed E-state index contributed by atoms with van der Waals surface area (Å²) >= 11 is 0. The summed E-state index contributed by atoms with van der Waals surface area (Å²) in [6.07, 6.45) is 1.47. The Hall–Kier alpha value is -3.87. The smallest absolute Gasteiger partial charge is 0.343 e. The molecule has 0 aliphatic heterocycles. The molecule has 0 radical (unpaired) electrons. The standard InChI is InChI=1S/C21H15FN2O4/c1-14-2-6-16(7-3-14)21(25)28-18-9-4-15(5-10-18)13-23-17-8-11-19(22)20(12-17)24(26)27/h2-13H,1H3/b23-13+. The highest BCUT2D eigenvalue weighted by Gasteiger charge is 2.13. The number of ether oxygens (including phenoxy) is 1. The lowest BCUT2D eigenvalue weighted by molar-refractivity contribution is -0.387. The first-order valence-electron chi connectivity index (χ1n) is 8.29. The summed E-state index contributed by atoms with van der Waals surface area (Å²) in [5, 5.41) is 10.8. The molecule has 0 atom stereocenters. The number of carbonyl (C=O) groups excluding carboxylic acids is 1. The fraction of sp³-hybridized carbons (Fsp3) is 0.0476. The van der Waals surface area contributed by atoms with Gasteiger partial charge in [-0.3, -0.25) is 15.1 Å². The zero-order valence-corrected chi connectivity index (χ0v) is 14.8. The Kier molecular flexibility index (Phi) is 5.55. The van der Waals surface area contributed by atoms with Crippen molar-refractivity contribution in [2.75, 3.05) is 0 Å². The van der Waals surface area contributed by atoms with Gasteiger partial charge in [0.1, 0.15) is 5.75 Å². The molecule has 0 N–H and O–H groups in total. The van der Waals surface area contributed by atoms with Gasteiger partial charge in [0.15, 0.2) is 0 Å². The first-order valence-corrected chi connectivity index (χ1v) is 8.29. The highest BCUT2D eigenvalue weighted by atomic mass is 19.1. The van der Waals surface area contributed by atoms with E-state index in [4.69, 9.17) is 4.74 Å². The highest BCUT2D eigenvalue weighted by molar-refractivity contribution is 5.91. The Bertz CT molecular complexity index is 1050. The van der Waals surface area contributed by atoms with Crippen LogP contribution in [0.1, 0.15) is 21.5 Å². The van der Waals surface area contributed by atoms with Gasteiger partial charge in [-0.05, 0) is 61.0 Å². The number of nitro groups is 1. The molecule has 6 nitrogen and oxygen atoms in total. The van der Waals surface area contributed by atoms with E-state index in [0.29, 0.717) is 16.9 Å². The van der Waals surface area contributed by atoms with Gasteiger partial charge in [0, 0.05) is 12.3 Å². The van der Waals surface area contributed by atoms with Crippen molar-refractivity contribution in [3.63, 3.8) is 0 Å². The molecule has 0 saturated carbocycles. The summed E-state index contributed by atoms with van der Waals surface area (Å²) < 4.78 is 18.7. The van der Waals surface area contributed by atoms with E-state index in [1.165, 1.54) is 12.3 Å². The lowest BCUT2D eigenvalue weighted by Gasteiger charge is -2.05. The lowest BCUT2D eigenvalue weighted by atomic mass is 10.1. The van der Waals surface area contributed by atoms with Gasteiger partial charge in [-0.1, -0.05) is 17.7 Å². The molecule has 0 heterocycles. The van der Waals surface area contributed by atoms with Crippen LogP contribution < -0.4 is 4.74 Å². The zero-order valence-electron chi connectivity index (χ0n) is 14.8. The lowest BCUT2D eigenvalue weighted by Crippen LogP contribution is -2.08. The quantitative estimate of drug-likeness (QED) is 0.205. The molecule has 0 unspecified atom stereocenters. The fourth-order valence-electron chi connectivity index (χ4n) is 2.35. The van der Waals surface area contributed by atoms with Crippen molar-refractivity contribution in [3.8, 4) is 5.75 Å². The molecule has 3 aromatic carbocycles. The first-order chi connectivity index (χ1) is 13.4. The van der Waals surface area contributed by atoms with E-state index in [0.717, 1.165) is 17.7 Å². The maximum atomic E-state index is 13.3. The first kappa shape index (κ1) is 18.9. The number of hydrogen-bond donors (Lipinski definition) is 0. The number of nitro benzene ring substituents is 1.